The summed E-state index contributed by atoms with van der Waals surface area (Å²) in [7, 11) is -0.875. The molecule has 0 N–H and O–H groups in total. The Bertz CT molecular complexity index is 1770. The van der Waals surface area contributed by atoms with Crippen molar-refractivity contribution >= 4 is 32.5 Å². The number of halogens is 2. The second-order valence-corrected chi connectivity index (χ2v) is 11.1. The first kappa shape index (κ1) is 26.6. The Morgan fingerprint density at radius 1 is 0.923 bits per heavy atom. The summed E-state index contributed by atoms with van der Waals surface area (Å²) in [5.41, 5.74) is 1.79. The standard InChI is InChI=1S/C29H23ClFN3O4S/c1-34(17-19-10-12-20(37-2)13-11-19)39(35,36)27-9-4-3-8-26(27)38-21-14-15-25(31)23(16-21)28-22-6-5-7-24(30)29(22)33-18-32-28/h3-16,18H,17H2,1-2H3. The van der Waals surface area contributed by atoms with Gasteiger partial charge in [-0.1, -0.05) is 48.0 Å². The third kappa shape index (κ3) is 5.42. The second-order valence-electron chi connectivity index (χ2n) is 8.66. The molecular formula is C29H23ClFN3O4S. The molecule has 0 atom stereocenters. The van der Waals surface area contributed by atoms with E-state index in [1.54, 1.807) is 67.8 Å². The lowest BCUT2D eigenvalue weighted by Gasteiger charge is -2.20. The Hall–Kier alpha value is -4.05. The van der Waals surface area contributed by atoms with Crippen LogP contribution in [0.4, 0.5) is 4.39 Å². The molecule has 198 valence electrons. The number of hydrogen-bond donors (Lipinski definition) is 0. The van der Waals surface area contributed by atoms with E-state index < -0.39 is 15.8 Å². The van der Waals surface area contributed by atoms with Gasteiger partial charge in [0.1, 0.15) is 34.3 Å². The van der Waals surface area contributed by atoms with Crippen molar-refractivity contribution in [3.63, 3.8) is 0 Å². The molecule has 1 aromatic heterocycles. The summed E-state index contributed by atoms with van der Waals surface area (Å²) in [5, 5.41) is 0.992. The summed E-state index contributed by atoms with van der Waals surface area (Å²) in [6.45, 7) is 0.144. The van der Waals surface area contributed by atoms with Crippen LogP contribution in [0.25, 0.3) is 22.2 Å². The van der Waals surface area contributed by atoms with E-state index in [-0.39, 0.29) is 28.5 Å². The molecule has 0 radical (unpaired) electrons. The molecule has 0 fully saturated rings. The van der Waals surface area contributed by atoms with E-state index in [0.717, 1.165) is 5.56 Å². The van der Waals surface area contributed by atoms with Crippen molar-refractivity contribution < 1.29 is 22.3 Å². The van der Waals surface area contributed by atoms with E-state index in [4.69, 9.17) is 21.1 Å². The number of nitrogens with zero attached hydrogens (tertiary/aromatic N) is 3. The predicted molar refractivity (Wildman–Crippen MR) is 148 cm³/mol. The smallest absolute Gasteiger partial charge is 0.246 e. The molecule has 0 bridgehead atoms. The Morgan fingerprint density at radius 2 is 1.67 bits per heavy atom. The zero-order valence-electron chi connectivity index (χ0n) is 21.0. The maximum absolute atomic E-state index is 15.0. The van der Waals surface area contributed by atoms with Gasteiger partial charge in [-0.2, -0.15) is 4.31 Å². The first-order valence-electron chi connectivity index (χ1n) is 11.8. The highest BCUT2D eigenvalue weighted by atomic mass is 35.5. The zero-order chi connectivity index (χ0) is 27.6. The first-order chi connectivity index (χ1) is 18.8. The molecule has 0 amide bonds. The lowest BCUT2D eigenvalue weighted by Crippen LogP contribution is -2.26. The molecule has 0 unspecified atom stereocenters. The summed E-state index contributed by atoms with van der Waals surface area (Å²) >= 11 is 6.27. The van der Waals surface area contributed by atoms with Crippen LogP contribution in [-0.4, -0.2) is 36.8 Å². The van der Waals surface area contributed by atoms with Crippen molar-refractivity contribution in [3.05, 3.63) is 108 Å². The quantitative estimate of drug-likeness (QED) is 0.209. The molecule has 0 spiro atoms. The second kappa shape index (κ2) is 11.0. The fourth-order valence-electron chi connectivity index (χ4n) is 4.13. The molecule has 4 aromatic carbocycles. The van der Waals surface area contributed by atoms with Crippen molar-refractivity contribution in [3.8, 4) is 28.5 Å². The summed E-state index contributed by atoms with van der Waals surface area (Å²) in [5.74, 6) is 0.495. The molecule has 7 nitrogen and oxygen atoms in total. The minimum atomic E-state index is -3.94. The fraction of sp³-hybridized carbons (Fsp3) is 0.103. The lowest BCUT2D eigenvalue weighted by atomic mass is 10.1. The lowest BCUT2D eigenvalue weighted by molar-refractivity contribution is 0.414. The maximum atomic E-state index is 15.0. The number of aromatic nitrogens is 2. The summed E-state index contributed by atoms with van der Waals surface area (Å²) in [6.07, 6.45) is 1.32. The maximum Gasteiger partial charge on any atom is 0.246 e. The molecule has 1 heterocycles. The van der Waals surface area contributed by atoms with Gasteiger partial charge in [0.2, 0.25) is 10.0 Å². The fourth-order valence-corrected chi connectivity index (χ4v) is 5.62. The van der Waals surface area contributed by atoms with E-state index in [1.165, 1.54) is 41.9 Å². The van der Waals surface area contributed by atoms with E-state index in [1.807, 2.05) is 0 Å². The molecule has 5 aromatic rings. The van der Waals surface area contributed by atoms with Crippen LogP contribution < -0.4 is 9.47 Å². The van der Waals surface area contributed by atoms with Gasteiger partial charge in [-0.3, -0.25) is 0 Å². The number of fused-ring (bicyclic) bond motifs is 1. The monoisotopic (exact) mass is 563 g/mol. The average Bonchev–Trinajstić information content (AvgIpc) is 2.95. The predicted octanol–water partition coefficient (Wildman–Crippen LogP) is 6.71. The van der Waals surface area contributed by atoms with E-state index in [0.29, 0.717) is 27.4 Å². The molecular weight excluding hydrogens is 541 g/mol. The Balaban J connectivity index is 1.47. The molecule has 0 saturated heterocycles. The highest BCUT2D eigenvalue weighted by Gasteiger charge is 2.25. The number of methoxy groups -OCH3 is 1. The third-order valence-electron chi connectivity index (χ3n) is 6.14. The minimum Gasteiger partial charge on any atom is -0.497 e. The van der Waals surface area contributed by atoms with Gasteiger partial charge in [-0.05, 0) is 54.1 Å². The number of sulfonamides is 1. The summed E-state index contributed by atoms with van der Waals surface area (Å²) in [4.78, 5) is 8.47. The summed E-state index contributed by atoms with van der Waals surface area (Å²) < 4.78 is 54.5. The topological polar surface area (TPSA) is 81.6 Å². The number of rotatable bonds is 8. The van der Waals surface area contributed by atoms with Gasteiger partial charge >= 0.3 is 0 Å². The number of benzene rings is 4. The molecule has 0 aliphatic carbocycles. The highest BCUT2D eigenvalue weighted by Crippen LogP contribution is 2.36. The van der Waals surface area contributed by atoms with Gasteiger partial charge in [-0.15, -0.1) is 0 Å². The average molecular weight is 564 g/mol. The molecule has 0 saturated carbocycles. The van der Waals surface area contributed by atoms with Gasteiger partial charge in [0.25, 0.3) is 0 Å². The van der Waals surface area contributed by atoms with Crippen LogP contribution in [0.1, 0.15) is 5.56 Å². The van der Waals surface area contributed by atoms with Crippen LogP contribution in [0.2, 0.25) is 5.02 Å². The minimum absolute atomic E-state index is 0.0221. The van der Waals surface area contributed by atoms with Crippen LogP contribution in [0.3, 0.4) is 0 Å². The Kier molecular flexibility index (Phi) is 7.47. The zero-order valence-corrected chi connectivity index (χ0v) is 22.6. The van der Waals surface area contributed by atoms with Crippen LogP contribution in [0.5, 0.6) is 17.2 Å². The van der Waals surface area contributed by atoms with E-state index in [2.05, 4.69) is 9.97 Å². The van der Waals surface area contributed by atoms with Crippen LogP contribution in [-0.2, 0) is 16.6 Å². The first-order valence-corrected chi connectivity index (χ1v) is 13.6. The van der Waals surface area contributed by atoms with Gasteiger partial charge in [0, 0.05) is 24.5 Å². The molecule has 10 heteroatoms. The summed E-state index contributed by atoms with van der Waals surface area (Å²) in [6, 6.07) is 22.8. The molecule has 5 rings (SSSR count). The highest BCUT2D eigenvalue weighted by molar-refractivity contribution is 7.89. The van der Waals surface area contributed by atoms with Gasteiger partial charge in [-0.25, -0.2) is 22.8 Å². The number of ether oxygens (including phenoxy) is 2. The normalized spacial score (nSPS) is 11.6. The molecule has 0 aliphatic heterocycles. The van der Waals surface area contributed by atoms with Crippen molar-refractivity contribution in [2.24, 2.45) is 0 Å². The third-order valence-corrected chi connectivity index (χ3v) is 8.29. The van der Waals surface area contributed by atoms with E-state index >= 15 is 0 Å². The molecule has 0 aliphatic rings. The molecule has 39 heavy (non-hydrogen) atoms. The van der Waals surface area contributed by atoms with Crippen LogP contribution >= 0.6 is 11.6 Å². The van der Waals surface area contributed by atoms with Crippen molar-refractivity contribution in [1.29, 1.82) is 0 Å². The van der Waals surface area contributed by atoms with Gasteiger partial charge in [0.05, 0.1) is 23.3 Å². The Labute approximate surface area is 230 Å². The van der Waals surface area contributed by atoms with Crippen LogP contribution in [0, 0.1) is 5.82 Å². The van der Waals surface area contributed by atoms with Gasteiger partial charge in [0.15, 0.2) is 0 Å². The largest absolute Gasteiger partial charge is 0.497 e. The van der Waals surface area contributed by atoms with Gasteiger partial charge < -0.3 is 9.47 Å². The number of hydrogen-bond acceptors (Lipinski definition) is 6. The van der Waals surface area contributed by atoms with Crippen LogP contribution in [0.15, 0.2) is 96.2 Å². The van der Waals surface area contributed by atoms with E-state index in [9.17, 15) is 12.8 Å². The SMILES string of the molecule is COc1ccc(CN(C)S(=O)(=O)c2ccccc2Oc2ccc(F)c(-c3ncnc4c(Cl)cccc34)c2)cc1. The number of para-hydroxylation sites is 2. The van der Waals surface area contributed by atoms with Crippen molar-refractivity contribution in [2.45, 2.75) is 11.4 Å². The van der Waals surface area contributed by atoms with Crippen molar-refractivity contribution in [2.75, 3.05) is 14.2 Å². The Morgan fingerprint density at radius 3 is 2.44 bits per heavy atom. The van der Waals surface area contributed by atoms with Crippen molar-refractivity contribution in [1.82, 2.24) is 14.3 Å².